The van der Waals surface area contributed by atoms with Crippen LogP contribution in [0.5, 0.6) is 0 Å². The molecule has 2 aromatic rings. The zero-order valence-electron chi connectivity index (χ0n) is 13.2. The second-order valence-electron chi connectivity index (χ2n) is 6.89. The Labute approximate surface area is 135 Å². The molecule has 0 N–H and O–H groups in total. The van der Waals surface area contributed by atoms with Crippen molar-refractivity contribution in [1.29, 1.82) is 0 Å². The summed E-state index contributed by atoms with van der Waals surface area (Å²) in [5, 5.41) is 4.38. The van der Waals surface area contributed by atoms with Crippen LogP contribution in [0.3, 0.4) is 0 Å². The lowest BCUT2D eigenvalue weighted by atomic mass is 9.79. The van der Waals surface area contributed by atoms with E-state index in [1.54, 1.807) is 10.7 Å². The van der Waals surface area contributed by atoms with Crippen molar-refractivity contribution in [1.82, 2.24) is 14.7 Å². The van der Waals surface area contributed by atoms with Crippen LogP contribution < -0.4 is 0 Å². The second-order valence-corrected chi connectivity index (χ2v) is 6.89. The SMILES string of the molecule is Fc1cccc(-n2cc(CN3CCCC4(CCOC4)C3)cn2)c1. The van der Waals surface area contributed by atoms with Crippen molar-refractivity contribution in [2.24, 2.45) is 5.41 Å². The first kappa shape index (κ1) is 14.8. The van der Waals surface area contributed by atoms with Gasteiger partial charge in [0.1, 0.15) is 5.82 Å². The van der Waals surface area contributed by atoms with E-state index in [9.17, 15) is 4.39 Å². The predicted octanol–water partition coefficient (Wildman–Crippen LogP) is 3.01. The molecule has 1 spiro atoms. The van der Waals surface area contributed by atoms with Gasteiger partial charge in [0.15, 0.2) is 0 Å². The van der Waals surface area contributed by atoms with Crippen molar-refractivity contribution in [3.05, 3.63) is 48.0 Å². The number of nitrogens with zero attached hydrogens (tertiary/aromatic N) is 3. The Kier molecular flexibility index (Phi) is 3.91. The van der Waals surface area contributed by atoms with Crippen LogP contribution in [0.4, 0.5) is 4.39 Å². The Balaban J connectivity index is 1.45. The first-order valence-electron chi connectivity index (χ1n) is 8.32. The van der Waals surface area contributed by atoms with Gasteiger partial charge in [-0.05, 0) is 44.0 Å². The highest BCUT2D eigenvalue weighted by Gasteiger charge is 2.38. The minimum Gasteiger partial charge on any atom is -0.381 e. The smallest absolute Gasteiger partial charge is 0.125 e. The number of piperidine rings is 1. The van der Waals surface area contributed by atoms with Crippen LogP contribution in [0.1, 0.15) is 24.8 Å². The van der Waals surface area contributed by atoms with Crippen LogP contribution in [0.2, 0.25) is 0 Å². The molecule has 0 radical (unpaired) electrons. The molecule has 3 heterocycles. The van der Waals surface area contributed by atoms with Gasteiger partial charge in [-0.2, -0.15) is 5.10 Å². The third-order valence-corrected chi connectivity index (χ3v) is 5.04. The van der Waals surface area contributed by atoms with Crippen LogP contribution in [-0.2, 0) is 11.3 Å². The zero-order valence-corrected chi connectivity index (χ0v) is 13.2. The summed E-state index contributed by atoms with van der Waals surface area (Å²) in [4.78, 5) is 2.51. The Hall–Kier alpha value is -1.72. The van der Waals surface area contributed by atoms with Crippen molar-refractivity contribution in [2.45, 2.75) is 25.8 Å². The van der Waals surface area contributed by atoms with E-state index < -0.39 is 0 Å². The molecular weight excluding hydrogens is 293 g/mol. The second kappa shape index (κ2) is 6.06. The van der Waals surface area contributed by atoms with E-state index in [4.69, 9.17) is 4.74 Å². The van der Waals surface area contributed by atoms with Crippen molar-refractivity contribution in [3.63, 3.8) is 0 Å². The number of rotatable bonds is 3. The molecule has 4 nitrogen and oxygen atoms in total. The van der Waals surface area contributed by atoms with Crippen molar-refractivity contribution in [3.8, 4) is 5.69 Å². The normalized spacial score (nSPS) is 25.3. The van der Waals surface area contributed by atoms with Gasteiger partial charge >= 0.3 is 0 Å². The molecule has 2 saturated heterocycles. The van der Waals surface area contributed by atoms with E-state index in [1.807, 2.05) is 18.5 Å². The third kappa shape index (κ3) is 3.16. The van der Waals surface area contributed by atoms with Gasteiger partial charge in [-0.25, -0.2) is 9.07 Å². The molecule has 1 unspecified atom stereocenters. The summed E-state index contributed by atoms with van der Waals surface area (Å²) >= 11 is 0. The summed E-state index contributed by atoms with van der Waals surface area (Å²) in [6.45, 7) is 4.96. The molecular formula is C18H22FN3O. The summed E-state index contributed by atoms with van der Waals surface area (Å²) < 4.78 is 20.7. The van der Waals surface area contributed by atoms with E-state index in [1.165, 1.54) is 37.0 Å². The Morgan fingerprint density at radius 3 is 3.09 bits per heavy atom. The van der Waals surface area contributed by atoms with E-state index >= 15 is 0 Å². The number of likely N-dealkylation sites (tertiary alicyclic amines) is 1. The highest BCUT2D eigenvalue weighted by Crippen LogP contribution is 2.38. The molecule has 1 aromatic carbocycles. The number of benzene rings is 1. The number of ether oxygens (including phenoxy) is 1. The molecule has 122 valence electrons. The quantitative estimate of drug-likeness (QED) is 0.872. The molecule has 5 heteroatoms. The van der Waals surface area contributed by atoms with Gasteiger partial charge in [0.25, 0.3) is 0 Å². The Morgan fingerprint density at radius 2 is 2.26 bits per heavy atom. The largest absolute Gasteiger partial charge is 0.381 e. The number of halogens is 1. The van der Waals surface area contributed by atoms with Gasteiger partial charge in [0.05, 0.1) is 18.5 Å². The van der Waals surface area contributed by atoms with Gasteiger partial charge in [-0.15, -0.1) is 0 Å². The average Bonchev–Trinajstić information content (AvgIpc) is 3.18. The molecule has 0 aliphatic carbocycles. The standard InChI is InChI=1S/C18H22FN3O/c19-16-3-1-4-17(9-16)22-12-15(10-20-22)11-21-7-2-5-18(13-21)6-8-23-14-18/h1,3-4,9-10,12H,2,5-8,11,13-14H2. The summed E-state index contributed by atoms with van der Waals surface area (Å²) in [6, 6.07) is 6.53. The van der Waals surface area contributed by atoms with Crippen LogP contribution >= 0.6 is 0 Å². The Bertz CT molecular complexity index is 678. The lowest BCUT2D eigenvalue weighted by molar-refractivity contribution is 0.0645. The summed E-state index contributed by atoms with van der Waals surface area (Å²) in [6.07, 6.45) is 7.60. The topological polar surface area (TPSA) is 30.3 Å². The lowest BCUT2D eigenvalue weighted by Crippen LogP contribution is -2.43. The van der Waals surface area contributed by atoms with Gasteiger partial charge in [0, 0.05) is 36.9 Å². The summed E-state index contributed by atoms with van der Waals surface area (Å²) in [7, 11) is 0. The fourth-order valence-corrected chi connectivity index (χ4v) is 3.88. The maximum absolute atomic E-state index is 13.3. The van der Waals surface area contributed by atoms with Gasteiger partial charge in [-0.1, -0.05) is 6.07 Å². The maximum Gasteiger partial charge on any atom is 0.125 e. The average molecular weight is 315 g/mol. The molecule has 23 heavy (non-hydrogen) atoms. The molecule has 1 atom stereocenters. The van der Waals surface area contributed by atoms with Crippen LogP contribution in [0, 0.1) is 11.2 Å². The molecule has 2 fully saturated rings. The minimum absolute atomic E-state index is 0.237. The number of hydrogen-bond donors (Lipinski definition) is 0. The van der Waals surface area contributed by atoms with Crippen molar-refractivity contribution in [2.75, 3.05) is 26.3 Å². The highest BCUT2D eigenvalue weighted by molar-refractivity contribution is 5.31. The molecule has 0 bridgehead atoms. The van der Waals surface area contributed by atoms with E-state index in [2.05, 4.69) is 10.00 Å². The van der Waals surface area contributed by atoms with Gasteiger partial charge in [-0.3, -0.25) is 4.90 Å². The van der Waals surface area contributed by atoms with Gasteiger partial charge < -0.3 is 4.74 Å². The molecule has 2 aliphatic heterocycles. The van der Waals surface area contributed by atoms with Crippen molar-refractivity contribution < 1.29 is 9.13 Å². The summed E-state index contributed by atoms with van der Waals surface area (Å²) in [5.41, 5.74) is 2.30. The first-order valence-corrected chi connectivity index (χ1v) is 8.32. The monoisotopic (exact) mass is 315 g/mol. The van der Waals surface area contributed by atoms with E-state index in [-0.39, 0.29) is 5.82 Å². The summed E-state index contributed by atoms with van der Waals surface area (Å²) in [5.74, 6) is -0.237. The fourth-order valence-electron chi connectivity index (χ4n) is 3.88. The maximum atomic E-state index is 13.3. The molecule has 0 amide bonds. The predicted molar refractivity (Wildman–Crippen MR) is 85.9 cm³/mol. The van der Waals surface area contributed by atoms with Crippen molar-refractivity contribution >= 4 is 0 Å². The van der Waals surface area contributed by atoms with Gasteiger partial charge in [0.2, 0.25) is 0 Å². The zero-order chi connectivity index (χ0) is 15.7. The number of hydrogen-bond acceptors (Lipinski definition) is 3. The van der Waals surface area contributed by atoms with Crippen LogP contribution in [-0.4, -0.2) is 41.0 Å². The molecule has 1 aromatic heterocycles. The van der Waals surface area contributed by atoms with Crippen LogP contribution in [0.25, 0.3) is 5.69 Å². The lowest BCUT2D eigenvalue weighted by Gasteiger charge is -2.39. The molecule has 2 aliphatic rings. The molecule has 4 rings (SSSR count). The minimum atomic E-state index is -0.237. The fraction of sp³-hybridized carbons (Fsp3) is 0.500. The van der Waals surface area contributed by atoms with E-state index in [0.717, 1.165) is 38.5 Å². The number of aromatic nitrogens is 2. The third-order valence-electron chi connectivity index (χ3n) is 5.04. The first-order chi connectivity index (χ1) is 11.2. The van der Waals surface area contributed by atoms with E-state index in [0.29, 0.717) is 5.41 Å². The van der Waals surface area contributed by atoms with Crippen LogP contribution in [0.15, 0.2) is 36.7 Å². The molecule has 0 saturated carbocycles. The highest BCUT2D eigenvalue weighted by atomic mass is 19.1. The Morgan fingerprint density at radius 1 is 1.30 bits per heavy atom.